The number of halogens is 1. The number of hydrogen-bond acceptors (Lipinski definition) is 3. The molecule has 1 aliphatic heterocycles. The van der Waals surface area contributed by atoms with E-state index >= 15 is 0 Å². The normalized spacial score (nSPS) is 21.0. The van der Waals surface area contributed by atoms with E-state index in [2.05, 4.69) is 16.8 Å². The molecule has 0 aromatic carbocycles. The second kappa shape index (κ2) is 4.37. The maximum Gasteiger partial charge on any atom is 0.129 e. The van der Waals surface area contributed by atoms with Crippen molar-refractivity contribution in [3.05, 3.63) is 22.8 Å². The van der Waals surface area contributed by atoms with E-state index in [1.165, 1.54) is 12.8 Å². The summed E-state index contributed by atoms with van der Waals surface area (Å²) in [6.07, 6.45) is 4.03. The highest BCUT2D eigenvalue weighted by atomic mass is 35.5. The van der Waals surface area contributed by atoms with Gasteiger partial charge < -0.3 is 10.0 Å². The first-order valence-corrected chi connectivity index (χ1v) is 5.62. The van der Waals surface area contributed by atoms with Gasteiger partial charge in [0.25, 0.3) is 0 Å². The first-order valence-electron chi connectivity index (χ1n) is 5.24. The predicted octanol–water partition coefficient (Wildman–Crippen LogP) is 2.22. The molecule has 15 heavy (non-hydrogen) atoms. The zero-order valence-electron chi connectivity index (χ0n) is 8.78. The van der Waals surface area contributed by atoms with Gasteiger partial charge in [0.05, 0.1) is 11.6 Å². The van der Waals surface area contributed by atoms with E-state index < -0.39 is 0 Å². The van der Waals surface area contributed by atoms with Gasteiger partial charge in [0.15, 0.2) is 0 Å². The molecular weight excluding hydrogens is 212 g/mol. The van der Waals surface area contributed by atoms with Gasteiger partial charge in [-0.3, -0.25) is 0 Å². The summed E-state index contributed by atoms with van der Waals surface area (Å²) in [4.78, 5) is 6.56. The molecule has 1 N–H and O–H groups in total. The van der Waals surface area contributed by atoms with Crippen molar-refractivity contribution >= 4 is 17.4 Å². The number of aliphatic hydroxyl groups is 1. The van der Waals surface area contributed by atoms with Crippen molar-refractivity contribution < 1.29 is 5.11 Å². The third kappa shape index (κ3) is 2.08. The van der Waals surface area contributed by atoms with Gasteiger partial charge in [-0.15, -0.1) is 0 Å². The SMILES string of the molecule is CC1CCCN1c1cc(CO)c(Cl)cn1. The Kier molecular flexibility index (Phi) is 3.12. The fraction of sp³-hybridized carbons (Fsp3) is 0.545. The van der Waals surface area contributed by atoms with E-state index in [1.807, 2.05) is 6.07 Å². The molecule has 1 aromatic heterocycles. The van der Waals surface area contributed by atoms with Crippen molar-refractivity contribution in [3.8, 4) is 0 Å². The molecule has 0 spiro atoms. The summed E-state index contributed by atoms with van der Waals surface area (Å²) in [5.41, 5.74) is 0.751. The second-order valence-corrected chi connectivity index (χ2v) is 4.38. The van der Waals surface area contributed by atoms with Crippen LogP contribution in [0.15, 0.2) is 12.3 Å². The first kappa shape index (κ1) is 10.7. The molecule has 0 amide bonds. The first-order chi connectivity index (χ1) is 7.22. The summed E-state index contributed by atoms with van der Waals surface area (Å²) in [5, 5.41) is 9.66. The summed E-state index contributed by atoms with van der Waals surface area (Å²) in [5.74, 6) is 0.924. The van der Waals surface area contributed by atoms with Crippen molar-refractivity contribution in [1.29, 1.82) is 0 Å². The largest absolute Gasteiger partial charge is 0.392 e. The summed E-state index contributed by atoms with van der Waals surface area (Å²) < 4.78 is 0. The van der Waals surface area contributed by atoms with Gasteiger partial charge in [0.1, 0.15) is 5.82 Å². The third-order valence-electron chi connectivity index (χ3n) is 2.94. The van der Waals surface area contributed by atoms with Crippen LogP contribution in [0.3, 0.4) is 0 Å². The summed E-state index contributed by atoms with van der Waals surface area (Å²) in [7, 11) is 0. The maximum atomic E-state index is 9.12. The third-order valence-corrected chi connectivity index (χ3v) is 3.28. The van der Waals surface area contributed by atoms with E-state index in [0.29, 0.717) is 11.1 Å². The van der Waals surface area contributed by atoms with Gasteiger partial charge >= 0.3 is 0 Å². The topological polar surface area (TPSA) is 36.4 Å². The Morgan fingerprint density at radius 3 is 3.07 bits per heavy atom. The Morgan fingerprint density at radius 2 is 2.47 bits per heavy atom. The van der Waals surface area contributed by atoms with E-state index in [-0.39, 0.29) is 6.61 Å². The molecule has 1 saturated heterocycles. The summed E-state index contributed by atoms with van der Waals surface area (Å²) >= 11 is 5.90. The van der Waals surface area contributed by atoms with Gasteiger partial charge in [0.2, 0.25) is 0 Å². The number of nitrogens with zero attached hydrogens (tertiary/aromatic N) is 2. The molecule has 1 aromatic rings. The van der Waals surface area contributed by atoms with Crippen LogP contribution in [0.5, 0.6) is 0 Å². The number of pyridine rings is 1. The molecule has 4 heteroatoms. The quantitative estimate of drug-likeness (QED) is 0.840. The number of anilines is 1. The van der Waals surface area contributed by atoms with Crippen molar-refractivity contribution in [3.63, 3.8) is 0 Å². The molecule has 1 atom stereocenters. The van der Waals surface area contributed by atoms with E-state index in [0.717, 1.165) is 17.9 Å². The zero-order valence-corrected chi connectivity index (χ0v) is 9.54. The predicted molar refractivity (Wildman–Crippen MR) is 61.2 cm³/mol. The van der Waals surface area contributed by atoms with Crippen LogP contribution in [0.4, 0.5) is 5.82 Å². The molecule has 1 unspecified atom stereocenters. The molecule has 0 bridgehead atoms. The second-order valence-electron chi connectivity index (χ2n) is 3.98. The lowest BCUT2D eigenvalue weighted by Gasteiger charge is -2.23. The molecular formula is C11H15ClN2O. The van der Waals surface area contributed by atoms with Crippen molar-refractivity contribution in [2.75, 3.05) is 11.4 Å². The molecule has 2 heterocycles. The fourth-order valence-corrected chi connectivity index (χ4v) is 2.18. The minimum Gasteiger partial charge on any atom is -0.392 e. The minimum absolute atomic E-state index is 0.0312. The standard InChI is InChI=1S/C11H15ClN2O/c1-8-3-2-4-14(8)11-5-9(7-15)10(12)6-13-11/h5-6,8,15H,2-4,7H2,1H3. The lowest BCUT2D eigenvalue weighted by molar-refractivity contribution is 0.282. The van der Waals surface area contributed by atoms with Crippen LogP contribution < -0.4 is 4.90 Å². The Hall–Kier alpha value is -0.800. The molecule has 0 radical (unpaired) electrons. The van der Waals surface area contributed by atoms with Crippen LogP contribution in [0.2, 0.25) is 5.02 Å². The number of rotatable bonds is 2. The van der Waals surface area contributed by atoms with Gasteiger partial charge in [-0.05, 0) is 25.8 Å². The van der Waals surface area contributed by atoms with Crippen LogP contribution in [0.1, 0.15) is 25.3 Å². The van der Waals surface area contributed by atoms with Crippen LogP contribution in [0, 0.1) is 0 Å². The van der Waals surface area contributed by atoms with Gasteiger partial charge in [-0.1, -0.05) is 11.6 Å². The lowest BCUT2D eigenvalue weighted by Crippen LogP contribution is -2.27. The average molecular weight is 227 g/mol. The van der Waals surface area contributed by atoms with Crippen LogP contribution in [0.25, 0.3) is 0 Å². The number of hydrogen-bond donors (Lipinski definition) is 1. The van der Waals surface area contributed by atoms with E-state index in [1.54, 1.807) is 6.20 Å². The zero-order chi connectivity index (χ0) is 10.8. The van der Waals surface area contributed by atoms with Crippen LogP contribution in [-0.4, -0.2) is 22.7 Å². The monoisotopic (exact) mass is 226 g/mol. The molecule has 1 aliphatic rings. The Bertz CT molecular complexity index is 356. The van der Waals surface area contributed by atoms with Crippen molar-refractivity contribution in [2.45, 2.75) is 32.4 Å². The summed E-state index contributed by atoms with van der Waals surface area (Å²) in [6.45, 7) is 3.21. The maximum absolute atomic E-state index is 9.12. The molecule has 3 nitrogen and oxygen atoms in total. The van der Waals surface area contributed by atoms with Gasteiger partial charge in [-0.2, -0.15) is 0 Å². The van der Waals surface area contributed by atoms with E-state index in [9.17, 15) is 0 Å². The lowest BCUT2D eigenvalue weighted by atomic mass is 10.2. The highest BCUT2D eigenvalue weighted by molar-refractivity contribution is 6.31. The van der Waals surface area contributed by atoms with Crippen LogP contribution in [-0.2, 0) is 6.61 Å². The Labute approximate surface area is 94.7 Å². The van der Waals surface area contributed by atoms with E-state index in [4.69, 9.17) is 16.7 Å². The smallest absolute Gasteiger partial charge is 0.129 e. The Balaban J connectivity index is 2.28. The highest BCUT2D eigenvalue weighted by Gasteiger charge is 2.21. The average Bonchev–Trinajstić information content (AvgIpc) is 2.65. The number of aromatic nitrogens is 1. The van der Waals surface area contributed by atoms with Gasteiger partial charge in [0, 0.05) is 24.3 Å². The highest BCUT2D eigenvalue weighted by Crippen LogP contribution is 2.26. The molecule has 0 aliphatic carbocycles. The molecule has 1 fully saturated rings. The van der Waals surface area contributed by atoms with Crippen molar-refractivity contribution in [2.24, 2.45) is 0 Å². The minimum atomic E-state index is -0.0312. The molecule has 0 saturated carbocycles. The summed E-state index contributed by atoms with van der Waals surface area (Å²) in [6, 6.07) is 2.41. The molecule has 82 valence electrons. The van der Waals surface area contributed by atoms with Crippen LogP contribution >= 0.6 is 11.6 Å². The Morgan fingerprint density at radius 1 is 1.67 bits per heavy atom. The van der Waals surface area contributed by atoms with Crippen molar-refractivity contribution in [1.82, 2.24) is 4.98 Å². The van der Waals surface area contributed by atoms with Gasteiger partial charge in [-0.25, -0.2) is 4.98 Å². The molecule has 2 rings (SSSR count). The number of aliphatic hydroxyl groups excluding tert-OH is 1. The fourth-order valence-electron chi connectivity index (χ4n) is 2.02.